The molecule has 0 aromatic carbocycles. The highest BCUT2D eigenvalue weighted by atomic mass is 16.5. The fourth-order valence-corrected chi connectivity index (χ4v) is 2.85. The van der Waals surface area contributed by atoms with Gasteiger partial charge in [-0.2, -0.15) is 0 Å². The molecule has 1 saturated heterocycles. The number of rotatable bonds is 6. The Morgan fingerprint density at radius 2 is 2.28 bits per heavy atom. The van der Waals surface area contributed by atoms with Crippen molar-refractivity contribution in [2.24, 2.45) is 0 Å². The van der Waals surface area contributed by atoms with Crippen LogP contribution in [0, 0.1) is 0 Å². The van der Waals surface area contributed by atoms with Gasteiger partial charge >= 0.3 is 0 Å². The second-order valence-corrected chi connectivity index (χ2v) is 5.89. The van der Waals surface area contributed by atoms with Gasteiger partial charge in [0.15, 0.2) is 5.76 Å². The first-order valence-electron chi connectivity index (χ1n) is 8.37. The molecular weight excluding hydrogens is 324 g/mol. The molecule has 0 saturated carbocycles. The Morgan fingerprint density at radius 3 is 3.04 bits per heavy atom. The number of ether oxygens (including phenoxy) is 1. The highest BCUT2D eigenvalue weighted by Crippen LogP contribution is 2.17. The summed E-state index contributed by atoms with van der Waals surface area (Å²) in [6.07, 6.45) is 5.43. The third-order valence-electron chi connectivity index (χ3n) is 4.05. The van der Waals surface area contributed by atoms with Crippen molar-refractivity contribution in [1.29, 1.82) is 0 Å². The molecule has 0 spiro atoms. The predicted octanol–water partition coefficient (Wildman–Crippen LogP) is 0.892. The summed E-state index contributed by atoms with van der Waals surface area (Å²) in [6, 6.07) is 3.18. The van der Waals surface area contributed by atoms with Crippen molar-refractivity contribution in [3.8, 4) is 0 Å². The number of furan rings is 1. The molecule has 2 amide bonds. The number of morpholine rings is 1. The van der Waals surface area contributed by atoms with Crippen LogP contribution in [0.5, 0.6) is 0 Å². The molecule has 2 aromatic rings. The maximum Gasteiger partial charge on any atom is 0.289 e. The van der Waals surface area contributed by atoms with E-state index in [4.69, 9.17) is 9.15 Å². The summed E-state index contributed by atoms with van der Waals surface area (Å²) in [5, 5.41) is 2.76. The van der Waals surface area contributed by atoms with Crippen molar-refractivity contribution in [2.75, 3.05) is 26.3 Å². The van der Waals surface area contributed by atoms with E-state index in [2.05, 4.69) is 10.3 Å². The molecule has 8 heteroatoms. The molecule has 3 rings (SSSR count). The molecule has 0 aliphatic carbocycles. The number of nitrogens with one attached hydrogen (secondary N) is 1. The van der Waals surface area contributed by atoms with E-state index in [9.17, 15) is 9.59 Å². The zero-order valence-electron chi connectivity index (χ0n) is 14.2. The van der Waals surface area contributed by atoms with Crippen LogP contribution in [0.2, 0.25) is 0 Å². The highest BCUT2D eigenvalue weighted by molar-refractivity contribution is 5.92. The fourth-order valence-electron chi connectivity index (χ4n) is 2.85. The molecule has 2 aromatic heterocycles. The molecule has 1 aliphatic heterocycles. The van der Waals surface area contributed by atoms with E-state index in [1.54, 1.807) is 29.6 Å². The third kappa shape index (κ3) is 4.27. The van der Waals surface area contributed by atoms with Crippen LogP contribution in [-0.2, 0) is 16.1 Å². The molecule has 0 radical (unpaired) electrons. The van der Waals surface area contributed by atoms with Crippen molar-refractivity contribution >= 4 is 11.8 Å². The average Bonchev–Trinajstić information content (AvgIpc) is 3.27. The number of nitrogens with zero attached hydrogens (tertiary/aromatic N) is 3. The Bertz CT molecular complexity index is 710. The standard InChI is InChI=1S/C17H22N4O4/c1-2-19-16(22)9-13-11-24-8-7-21(13)17(23)15-4-3-14(25-15)10-20-6-5-18-12-20/h3-6,12-13H,2,7-11H2,1H3,(H,19,22)/t13-/m0/s1. The molecule has 3 heterocycles. The van der Waals surface area contributed by atoms with Crippen LogP contribution in [-0.4, -0.2) is 58.6 Å². The number of aromatic nitrogens is 2. The van der Waals surface area contributed by atoms with Gasteiger partial charge < -0.3 is 23.9 Å². The van der Waals surface area contributed by atoms with E-state index in [0.29, 0.717) is 38.6 Å². The van der Waals surface area contributed by atoms with Gasteiger partial charge in [0.1, 0.15) is 5.76 Å². The molecule has 25 heavy (non-hydrogen) atoms. The van der Waals surface area contributed by atoms with Gasteiger partial charge in [-0.15, -0.1) is 0 Å². The van der Waals surface area contributed by atoms with Gasteiger partial charge in [0.25, 0.3) is 5.91 Å². The minimum Gasteiger partial charge on any atom is -0.454 e. The summed E-state index contributed by atoms with van der Waals surface area (Å²) >= 11 is 0. The summed E-state index contributed by atoms with van der Waals surface area (Å²) < 4.78 is 13.0. The number of carbonyl (C=O) groups excluding carboxylic acids is 2. The topological polar surface area (TPSA) is 89.6 Å². The van der Waals surface area contributed by atoms with Crippen molar-refractivity contribution in [2.45, 2.75) is 25.9 Å². The summed E-state index contributed by atoms with van der Waals surface area (Å²) in [7, 11) is 0. The minimum absolute atomic E-state index is 0.0870. The second-order valence-electron chi connectivity index (χ2n) is 5.89. The first kappa shape index (κ1) is 17.2. The van der Waals surface area contributed by atoms with Crippen molar-refractivity contribution in [3.63, 3.8) is 0 Å². The number of hydrogen-bond acceptors (Lipinski definition) is 5. The molecule has 134 valence electrons. The van der Waals surface area contributed by atoms with Crippen molar-refractivity contribution < 1.29 is 18.7 Å². The molecule has 0 bridgehead atoms. The maximum absolute atomic E-state index is 12.8. The number of imidazole rings is 1. The van der Waals surface area contributed by atoms with Gasteiger partial charge in [0, 0.05) is 31.9 Å². The summed E-state index contributed by atoms with van der Waals surface area (Å²) in [4.78, 5) is 30.3. The molecule has 1 atom stereocenters. The lowest BCUT2D eigenvalue weighted by Crippen LogP contribution is -2.50. The second kappa shape index (κ2) is 7.98. The number of carbonyl (C=O) groups is 2. The van der Waals surface area contributed by atoms with Gasteiger partial charge in [-0.05, 0) is 19.1 Å². The Kier molecular flexibility index (Phi) is 5.49. The largest absolute Gasteiger partial charge is 0.454 e. The number of hydrogen-bond donors (Lipinski definition) is 1. The smallest absolute Gasteiger partial charge is 0.289 e. The lowest BCUT2D eigenvalue weighted by molar-refractivity contribution is -0.123. The van der Waals surface area contributed by atoms with Gasteiger partial charge in [-0.1, -0.05) is 0 Å². The van der Waals surface area contributed by atoms with Crippen LogP contribution in [0.3, 0.4) is 0 Å². The Hall–Kier alpha value is -2.61. The molecule has 8 nitrogen and oxygen atoms in total. The van der Waals surface area contributed by atoms with Gasteiger partial charge in [0.2, 0.25) is 5.91 Å². The first-order chi connectivity index (χ1) is 12.2. The first-order valence-corrected chi connectivity index (χ1v) is 8.37. The van der Waals surface area contributed by atoms with Crippen LogP contribution >= 0.6 is 0 Å². The summed E-state index contributed by atoms with van der Waals surface area (Å²) in [5.41, 5.74) is 0. The van der Waals surface area contributed by atoms with E-state index < -0.39 is 0 Å². The highest BCUT2D eigenvalue weighted by Gasteiger charge is 2.31. The minimum atomic E-state index is -0.282. The van der Waals surface area contributed by atoms with Crippen molar-refractivity contribution in [1.82, 2.24) is 19.8 Å². The van der Waals surface area contributed by atoms with Gasteiger partial charge in [-0.3, -0.25) is 9.59 Å². The monoisotopic (exact) mass is 346 g/mol. The Balaban J connectivity index is 1.67. The molecule has 1 aliphatic rings. The third-order valence-corrected chi connectivity index (χ3v) is 4.05. The zero-order chi connectivity index (χ0) is 17.6. The summed E-state index contributed by atoms with van der Waals surface area (Å²) in [5.74, 6) is 0.651. The van der Waals surface area contributed by atoms with Gasteiger partial charge in [-0.25, -0.2) is 4.98 Å². The number of amides is 2. The molecular formula is C17H22N4O4. The molecule has 1 fully saturated rings. The van der Waals surface area contributed by atoms with E-state index in [0.717, 1.165) is 0 Å². The Morgan fingerprint density at radius 1 is 1.40 bits per heavy atom. The van der Waals surface area contributed by atoms with E-state index in [1.807, 2.05) is 17.7 Å². The van der Waals surface area contributed by atoms with Crippen molar-refractivity contribution in [3.05, 3.63) is 42.4 Å². The fraction of sp³-hybridized carbons (Fsp3) is 0.471. The van der Waals surface area contributed by atoms with Crippen LogP contribution < -0.4 is 5.32 Å². The molecule has 1 N–H and O–H groups in total. The lowest BCUT2D eigenvalue weighted by Gasteiger charge is -2.34. The SMILES string of the molecule is CCNC(=O)C[C@H]1COCCN1C(=O)c1ccc(Cn2ccnc2)o1. The zero-order valence-corrected chi connectivity index (χ0v) is 14.2. The van der Waals surface area contributed by atoms with Crippen LogP contribution in [0.25, 0.3) is 0 Å². The van der Waals surface area contributed by atoms with Crippen LogP contribution in [0.4, 0.5) is 0 Å². The van der Waals surface area contributed by atoms with E-state index >= 15 is 0 Å². The van der Waals surface area contributed by atoms with E-state index in [1.165, 1.54) is 0 Å². The van der Waals surface area contributed by atoms with E-state index in [-0.39, 0.29) is 30.0 Å². The Labute approximate surface area is 145 Å². The summed E-state index contributed by atoms with van der Waals surface area (Å²) in [6.45, 7) is 4.20. The van der Waals surface area contributed by atoms with Crippen LogP contribution in [0.15, 0.2) is 35.3 Å². The quantitative estimate of drug-likeness (QED) is 0.839. The maximum atomic E-state index is 12.8. The van der Waals surface area contributed by atoms with Crippen LogP contribution in [0.1, 0.15) is 29.7 Å². The lowest BCUT2D eigenvalue weighted by atomic mass is 10.1. The predicted molar refractivity (Wildman–Crippen MR) is 89.0 cm³/mol. The van der Waals surface area contributed by atoms with Gasteiger partial charge in [0.05, 0.1) is 32.1 Å². The molecule has 0 unspecified atom stereocenters. The normalized spacial score (nSPS) is 17.5. The average molecular weight is 346 g/mol.